The van der Waals surface area contributed by atoms with E-state index < -0.39 is 41.8 Å². The molecule has 0 radical (unpaired) electrons. The number of carbonyl (C=O) groups is 4. The molecule has 3 atom stereocenters. The third-order valence-electron chi connectivity index (χ3n) is 3.55. The molecule has 0 aliphatic carbocycles. The average Bonchev–Trinajstić information content (AvgIpc) is 2.48. The Hall–Kier alpha value is -2.16. The van der Waals surface area contributed by atoms with Gasteiger partial charge in [0.1, 0.15) is 12.1 Å². The molecule has 138 valence electrons. The first-order chi connectivity index (χ1) is 11.0. The van der Waals surface area contributed by atoms with Crippen LogP contribution in [-0.2, 0) is 19.2 Å². The fourth-order valence-corrected chi connectivity index (χ4v) is 1.93. The van der Waals surface area contributed by atoms with Crippen molar-refractivity contribution in [3.8, 4) is 0 Å². The number of nitrogens with one attached hydrogen (secondary N) is 3. The summed E-state index contributed by atoms with van der Waals surface area (Å²) in [6.45, 7) is 7.08. The first-order valence-corrected chi connectivity index (χ1v) is 7.87. The molecule has 9 heteroatoms. The van der Waals surface area contributed by atoms with E-state index in [4.69, 9.17) is 11.5 Å². The zero-order valence-corrected chi connectivity index (χ0v) is 14.9. The molecule has 0 saturated heterocycles. The van der Waals surface area contributed by atoms with E-state index in [1.165, 1.54) is 7.05 Å². The highest BCUT2D eigenvalue weighted by Gasteiger charge is 2.30. The fourth-order valence-electron chi connectivity index (χ4n) is 1.93. The van der Waals surface area contributed by atoms with Crippen molar-refractivity contribution in [3.63, 3.8) is 0 Å². The van der Waals surface area contributed by atoms with Gasteiger partial charge in [-0.15, -0.1) is 0 Å². The van der Waals surface area contributed by atoms with Crippen molar-refractivity contribution in [1.82, 2.24) is 16.0 Å². The van der Waals surface area contributed by atoms with Crippen molar-refractivity contribution in [1.29, 1.82) is 0 Å². The molecule has 4 amide bonds. The van der Waals surface area contributed by atoms with Gasteiger partial charge in [0.2, 0.25) is 23.6 Å². The van der Waals surface area contributed by atoms with Gasteiger partial charge in [0, 0.05) is 7.05 Å². The van der Waals surface area contributed by atoms with Crippen LogP contribution < -0.4 is 27.4 Å². The van der Waals surface area contributed by atoms with Crippen molar-refractivity contribution in [2.24, 2.45) is 23.3 Å². The molecule has 0 bridgehead atoms. The molecule has 24 heavy (non-hydrogen) atoms. The van der Waals surface area contributed by atoms with Crippen molar-refractivity contribution >= 4 is 23.6 Å². The van der Waals surface area contributed by atoms with E-state index in [0.717, 1.165) is 0 Å². The van der Waals surface area contributed by atoms with Crippen LogP contribution in [0.15, 0.2) is 0 Å². The predicted octanol–water partition coefficient (Wildman–Crippen LogP) is -1.78. The fraction of sp³-hybridized carbons (Fsp3) is 0.733. The standard InChI is InChI=1S/C15H29N5O4/c1-7(2)11(17)14(23)20-12(8(3)4)15(24)19-9(6-10(16)21)13(22)18-5/h7-9,11-12H,6,17H2,1-5H3,(H2,16,21)(H,18,22)(H,19,24)(H,20,23)/t9?,11-,12-/m0/s1. The van der Waals surface area contributed by atoms with Gasteiger partial charge in [-0.1, -0.05) is 27.7 Å². The van der Waals surface area contributed by atoms with Crippen LogP contribution in [0.3, 0.4) is 0 Å². The van der Waals surface area contributed by atoms with Crippen LogP contribution in [0, 0.1) is 11.8 Å². The Morgan fingerprint density at radius 1 is 0.875 bits per heavy atom. The molecular weight excluding hydrogens is 314 g/mol. The van der Waals surface area contributed by atoms with Gasteiger partial charge in [-0.25, -0.2) is 0 Å². The molecule has 0 saturated carbocycles. The highest BCUT2D eigenvalue weighted by atomic mass is 16.2. The number of amides is 4. The zero-order valence-electron chi connectivity index (χ0n) is 14.9. The number of primary amides is 1. The van der Waals surface area contributed by atoms with E-state index in [9.17, 15) is 19.2 Å². The number of hydrogen-bond donors (Lipinski definition) is 5. The normalized spacial score (nSPS) is 14.7. The van der Waals surface area contributed by atoms with Crippen LogP contribution in [0.5, 0.6) is 0 Å². The first kappa shape index (κ1) is 21.8. The monoisotopic (exact) mass is 343 g/mol. The Bertz CT molecular complexity index is 478. The van der Waals surface area contributed by atoms with Gasteiger partial charge >= 0.3 is 0 Å². The van der Waals surface area contributed by atoms with Crippen LogP contribution in [0.1, 0.15) is 34.1 Å². The second kappa shape index (κ2) is 9.86. The zero-order chi connectivity index (χ0) is 19.0. The minimum absolute atomic E-state index is 0.0886. The summed E-state index contributed by atoms with van der Waals surface area (Å²) in [5, 5.41) is 7.38. The summed E-state index contributed by atoms with van der Waals surface area (Å²) >= 11 is 0. The Kier molecular flexibility index (Phi) is 8.97. The molecule has 9 nitrogen and oxygen atoms in total. The van der Waals surface area contributed by atoms with Crippen molar-refractivity contribution in [2.45, 2.75) is 52.2 Å². The van der Waals surface area contributed by atoms with Gasteiger partial charge in [-0.2, -0.15) is 0 Å². The molecule has 7 N–H and O–H groups in total. The number of nitrogens with two attached hydrogens (primary N) is 2. The average molecular weight is 343 g/mol. The SMILES string of the molecule is CNC(=O)C(CC(N)=O)NC(=O)[C@@H](NC(=O)[C@@H](N)C(C)C)C(C)C. The van der Waals surface area contributed by atoms with Crippen molar-refractivity contribution in [2.75, 3.05) is 7.05 Å². The van der Waals surface area contributed by atoms with Gasteiger partial charge in [0.05, 0.1) is 12.5 Å². The summed E-state index contributed by atoms with van der Waals surface area (Å²) < 4.78 is 0. The third-order valence-corrected chi connectivity index (χ3v) is 3.55. The van der Waals surface area contributed by atoms with E-state index in [-0.39, 0.29) is 18.3 Å². The van der Waals surface area contributed by atoms with Gasteiger partial charge < -0.3 is 27.4 Å². The Balaban J connectivity index is 5.10. The number of rotatable bonds is 9. The third kappa shape index (κ3) is 6.95. The van der Waals surface area contributed by atoms with Crippen LogP contribution in [-0.4, -0.2) is 48.8 Å². The maximum atomic E-state index is 12.4. The maximum absolute atomic E-state index is 12.4. The Morgan fingerprint density at radius 3 is 1.79 bits per heavy atom. The maximum Gasteiger partial charge on any atom is 0.243 e. The number of carbonyl (C=O) groups excluding carboxylic acids is 4. The summed E-state index contributed by atoms with van der Waals surface area (Å²) in [5.74, 6) is -2.64. The molecular formula is C15H29N5O4. The molecule has 0 aromatic rings. The molecule has 0 aromatic carbocycles. The lowest BCUT2D eigenvalue weighted by Gasteiger charge is -2.26. The largest absolute Gasteiger partial charge is 0.370 e. The lowest BCUT2D eigenvalue weighted by molar-refractivity contribution is -0.134. The molecule has 0 aromatic heterocycles. The van der Waals surface area contributed by atoms with E-state index >= 15 is 0 Å². The highest BCUT2D eigenvalue weighted by Crippen LogP contribution is 2.06. The molecule has 0 heterocycles. The van der Waals surface area contributed by atoms with E-state index in [1.807, 2.05) is 0 Å². The summed E-state index contributed by atoms with van der Waals surface area (Å²) in [7, 11) is 1.38. The lowest BCUT2D eigenvalue weighted by atomic mass is 10.00. The highest BCUT2D eigenvalue weighted by molar-refractivity contribution is 5.95. The molecule has 0 spiro atoms. The summed E-state index contributed by atoms with van der Waals surface area (Å²) in [5.41, 5.74) is 10.9. The van der Waals surface area contributed by atoms with Crippen LogP contribution >= 0.6 is 0 Å². The summed E-state index contributed by atoms with van der Waals surface area (Å²) in [6, 6.07) is -2.74. The number of hydrogen-bond acceptors (Lipinski definition) is 5. The molecule has 0 aliphatic heterocycles. The van der Waals surface area contributed by atoms with Crippen LogP contribution in [0.2, 0.25) is 0 Å². The molecule has 0 aliphatic rings. The minimum Gasteiger partial charge on any atom is -0.370 e. The lowest BCUT2D eigenvalue weighted by Crippen LogP contribution is -2.58. The molecule has 1 unspecified atom stereocenters. The second-order valence-electron chi connectivity index (χ2n) is 6.35. The van der Waals surface area contributed by atoms with Crippen molar-refractivity contribution < 1.29 is 19.2 Å². The second-order valence-corrected chi connectivity index (χ2v) is 6.35. The Labute approximate surface area is 142 Å². The van der Waals surface area contributed by atoms with E-state index in [2.05, 4.69) is 16.0 Å². The smallest absolute Gasteiger partial charge is 0.243 e. The molecule has 0 fully saturated rings. The first-order valence-electron chi connectivity index (χ1n) is 7.87. The van der Waals surface area contributed by atoms with E-state index in [0.29, 0.717) is 0 Å². The van der Waals surface area contributed by atoms with Gasteiger partial charge in [-0.05, 0) is 11.8 Å². The quantitative estimate of drug-likeness (QED) is 0.334. The topological polar surface area (TPSA) is 156 Å². The van der Waals surface area contributed by atoms with Gasteiger partial charge in [0.25, 0.3) is 0 Å². The Morgan fingerprint density at radius 2 is 1.42 bits per heavy atom. The van der Waals surface area contributed by atoms with Crippen LogP contribution in [0.25, 0.3) is 0 Å². The predicted molar refractivity (Wildman–Crippen MR) is 89.4 cm³/mol. The van der Waals surface area contributed by atoms with Gasteiger partial charge in [0.15, 0.2) is 0 Å². The summed E-state index contributed by atoms with van der Waals surface area (Å²) in [6.07, 6.45) is -0.338. The minimum atomic E-state index is -1.10. The van der Waals surface area contributed by atoms with Crippen LogP contribution in [0.4, 0.5) is 0 Å². The van der Waals surface area contributed by atoms with Crippen molar-refractivity contribution in [3.05, 3.63) is 0 Å². The van der Waals surface area contributed by atoms with Gasteiger partial charge in [-0.3, -0.25) is 19.2 Å². The number of likely N-dealkylation sites (N-methyl/N-ethyl adjacent to an activating group) is 1. The molecule has 0 rings (SSSR count). The van der Waals surface area contributed by atoms with E-state index in [1.54, 1.807) is 27.7 Å². The summed E-state index contributed by atoms with van der Waals surface area (Å²) in [4.78, 5) is 47.3.